The normalized spacial score (nSPS) is 10.2. The summed E-state index contributed by atoms with van der Waals surface area (Å²) in [5, 5.41) is 0. The smallest absolute Gasteiger partial charge is 0.145 e. The lowest BCUT2D eigenvalue weighted by Crippen LogP contribution is -2.03. The molecule has 1 aromatic heterocycles. The number of pyridine rings is 1. The monoisotopic (exact) mass is 228 g/mol. The van der Waals surface area contributed by atoms with Crippen LogP contribution in [0.5, 0.6) is 11.5 Å². The Morgan fingerprint density at radius 3 is 2.82 bits per heavy atom. The molecule has 0 unspecified atom stereocenters. The number of nitrogens with zero attached hydrogens (tertiary/aromatic N) is 1. The van der Waals surface area contributed by atoms with Gasteiger partial charge in [0.05, 0.1) is 6.20 Å². The minimum Gasteiger partial charge on any atom is -0.456 e. The topological polar surface area (TPSA) is 48.1 Å². The first-order chi connectivity index (χ1) is 8.28. The second-order valence-electron chi connectivity index (χ2n) is 3.99. The fraction of sp³-hybridized carbons (Fsp3) is 0.214. The van der Waals surface area contributed by atoms with Crippen LogP contribution in [0, 0.1) is 6.92 Å². The Kier molecular flexibility index (Phi) is 3.73. The maximum absolute atomic E-state index is 5.74. The van der Waals surface area contributed by atoms with Gasteiger partial charge in [0.1, 0.15) is 11.5 Å². The van der Waals surface area contributed by atoms with Crippen molar-refractivity contribution in [2.75, 3.05) is 6.54 Å². The predicted octanol–water partition coefficient (Wildman–Crippen LogP) is 2.68. The van der Waals surface area contributed by atoms with Crippen LogP contribution in [0.2, 0.25) is 0 Å². The predicted molar refractivity (Wildman–Crippen MR) is 68.2 cm³/mol. The van der Waals surface area contributed by atoms with Gasteiger partial charge in [0.2, 0.25) is 0 Å². The number of rotatable bonds is 4. The zero-order valence-electron chi connectivity index (χ0n) is 9.89. The first-order valence-electron chi connectivity index (χ1n) is 5.66. The van der Waals surface area contributed by atoms with Crippen LogP contribution in [-0.2, 0) is 6.42 Å². The number of benzene rings is 1. The summed E-state index contributed by atoms with van der Waals surface area (Å²) in [5.41, 5.74) is 7.78. The van der Waals surface area contributed by atoms with Crippen LogP contribution in [-0.4, -0.2) is 11.5 Å². The summed E-state index contributed by atoms with van der Waals surface area (Å²) >= 11 is 0. The van der Waals surface area contributed by atoms with Crippen LogP contribution in [0.25, 0.3) is 0 Å². The molecule has 0 bridgehead atoms. The van der Waals surface area contributed by atoms with Gasteiger partial charge in [-0.15, -0.1) is 0 Å². The minimum absolute atomic E-state index is 0.621. The van der Waals surface area contributed by atoms with Gasteiger partial charge in [-0.25, -0.2) is 0 Å². The van der Waals surface area contributed by atoms with Gasteiger partial charge in [0, 0.05) is 6.20 Å². The summed E-state index contributed by atoms with van der Waals surface area (Å²) in [5.74, 6) is 1.58. The van der Waals surface area contributed by atoms with E-state index in [9.17, 15) is 0 Å². The van der Waals surface area contributed by atoms with Crippen molar-refractivity contribution in [3.05, 3.63) is 53.9 Å². The third kappa shape index (κ3) is 3.29. The first-order valence-corrected chi connectivity index (χ1v) is 5.66. The number of ether oxygens (including phenoxy) is 1. The summed E-state index contributed by atoms with van der Waals surface area (Å²) in [6, 6.07) is 9.91. The highest BCUT2D eigenvalue weighted by molar-refractivity contribution is 5.33. The van der Waals surface area contributed by atoms with Crippen molar-refractivity contribution < 1.29 is 4.74 Å². The molecule has 3 nitrogen and oxygen atoms in total. The maximum atomic E-state index is 5.74. The van der Waals surface area contributed by atoms with Crippen LogP contribution < -0.4 is 10.5 Å². The molecule has 0 aliphatic heterocycles. The molecular formula is C14H16N2O. The largest absolute Gasteiger partial charge is 0.456 e. The van der Waals surface area contributed by atoms with Gasteiger partial charge in [-0.05, 0) is 49.2 Å². The number of aryl methyl sites for hydroxylation is 1. The van der Waals surface area contributed by atoms with E-state index in [1.807, 2.05) is 43.5 Å². The second kappa shape index (κ2) is 5.46. The number of hydrogen-bond donors (Lipinski definition) is 1. The first kappa shape index (κ1) is 11.6. The van der Waals surface area contributed by atoms with Crippen LogP contribution in [0.15, 0.2) is 42.7 Å². The van der Waals surface area contributed by atoms with Gasteiger partial charge >= 0.3 is 0 Å². The molecule has 1 aromatic carbocycles. The lowest BCUT2D eigenvalue weighted by Gasteiger charge is -2.07. The number of hydrogen-bond acceptors (Lipinski definition) is 3. The summed E-state index contributed by atoms with van der Waals surface area (Å²) < 4.78 is 5.74. The zero-order valence-corrected chi connectivity index (χ0v) is 9.89. The van der Waals surface area contributed by atoms with Crippen molar-refractivity contribution in [1.82, 2.24) is 4.98 Å². The molecule has 0 aliphatic carbocycles. The molecule has 0 radical (unpaired) electrons. The van der Waals surface area contributed by atoms with Crippen molar-refractivity contribution >= 4 is 0 Å². The summed E-state index contributed by atoms with van der Waals surface area (Å²) in [6.07, 6.45) is 4.34. The molecular weight excluding hydrogens is 212 g/mol. The van der Waals surface area contributed by atoms with Gasteiger partial charge in [0.15, 0.2) is 0 Å². The van der Waals surface area contributed by atoms with Crippen molar-refractivity contribution in [3.8, 4) is 11.5 Å². The van der Waals surface area contributed by atoms with Crippen LogP contribution in [0.4, 0.5) is 0 Å². The van der Waals surface area contributed by atoms with E-state index in [0.29, 0.717) is 6.54 Å². The van der Waals surface area contributed by atoms with Crippen molar-refractivity contribution in [3.63, 3.8) is 0 Å². The van der Waals surface area contributed by atoms with Gasteiger partial charge in [-0.2, -0.15) is 0 Å². The van der Waals surface area contributed by atoms with Crippen LogP contribution >= 0.6 is 0 Å². The van der Waals surface area contributed by atoms with E-state index in [1.54, 1.807) is 6.20 Å². The maximum Gasteiger partial charge on any atom is 0.145 e. The molecule has 0 fully saturated rings. The number of nitrogens with two attached hydrogens (primary N) is 1. The molecule has 0 saturated carbocycles. The molecule has 2 N–H and O–H groups in total. The van der Waals surface area contributed by atoms with Crippen molar-refractivity contribution in [1.29, 1.82) is 0 Å². The summed E-state index contributed by atoms with van der Waals surface area (Å²) in [6.45, 7) is 2.66. The minimum atomic E-state index is 0.621. The third-order valence-corrected chi connectivity index (χ3v) is 2.43. The Hall–Kier alpha value is -1.87. The average Bonchev–Trinajstić information content (AvgIpc) is 2.30. The molecule has 3 heteroatoms. The Balaban J connectivity index is 2.15. The Morgan fingerprint density at radius 1 is 1.18 bits per heavy atom. The Bertz CT molecular complexity index is 497. The van der Waals surface area contributed by atoms with E-state index < -0.39 is 0 Å². The van der Waals surface area contributed by atoms with E-state index in [2.05, 4.69) is 4.98 Å². The molecule has 88 valence electrons. The Morgan fingerprint density at radius 2 is 2.06 bits per heavy atom. The lowest BCUT2D eigenvalue weighted by atomic mass is 10.2. The molecule has 17 heavy (non-hydrogen) atoms. The average molecular weight is 228 g/mol. The van der Waals surface area contributed by atoms with E-state index in [1.165, 1.54) is 5.56 Å². The third-order valence-electron chi connectivity index (χ3n) is 2.43. The van der Waals surface area contributed by atoms with Gasteiger partial charge in [-0.1, -0.05) is 12.1 Å². The number of aromatic nitrogens is 1. The highest BCUT2D eigenvalue weighted by Crippen LogP contribution is 2.22. The van der Waals surface area contributed by atoms with Gasteiger partial charge < -0.3 is 10.5 Å². The molecule has 0 amide bonds. The van der Waals surface area contributed by atoms with E-state index in [-0.39, 0.29) is 0 Å². The fourth-order valence-corrected chi connectivity index (χ4v) is 1.64. The fourth-order valence-electron chi connectivity index (χ4n) is 1.64. The van der Waals surface area contributed by atoms with Crippen molar-refractivity contribution in [2.45, 2.75) is 13.3 Å². The standard InChI is InChI=1S/C14H16N2O/c1-11-3-2-4-13(7-11)17-14-8-12(5-6-15)9-16-10-14/h2-4,7-10H,5-6,15H2,1H3. The Labute approximate surface area is 101 Å². The molecule has 2 aromatic rings. The zero-order chi connectivity index (χ0) is 12.1. The van der Waals surface area contributed by atoms with Gasteiger partial charge in [-0.3, -0.25) is 4.98 Å². The SMILES string of the molecule is Cc1cccc(Oc2cncc(CCN)c2)c1. The molecule has 0 aliphatic rings. The van der Waals surface area contributed by atoms with Crippen LogP contribution in [0.1, 0.15) is 11.1 Å². The van der Waals surface area contributed by atoms with Gasteiger partial charge in [0.25, 0.3) is 0 Å². The van der Waals surface area contributed by atoms with E-state index in [4.69, 9.17) is 10.5 Å². The molecule has 0 spiro atoms. The van der Waals surface area contributed by atoms with Crippen molar-refractivity contribution in [2.24, 2.45) is 5.73 Å². The van der Waals surface area contributed by atoms with E-state index in [0.717, 1.165) is 23.5 Å². The molecule has 0 saturated heterocycles. The lowest BCUT2D eigenvalue weighted by molar-refractivity contribution is 0.479. The molecule has 1 heterocycles. The summed E-state index contributed by atoms with van der Waals surface area (Å²) in [7, 11) is 0. The van der Waals surface area contributed by atoms with Crippen LogP contribution in [0.3, 0.4) is 0 Å². The highest BCUT2D eigenvalue weighted by Gasteiger charge is 1.99. The highest BCUT2D eigenvalue weighted by atomic mass is 16.5. The molecule has 0 atom stereocenters. The molecule has 2 rings (SSSR count). The van der Waals surface area contributed by atoms with E-state index >= 15 is 0 Å². The second-order valence-corrected chi connectivity index (χ2v) is 3.99. The quantitative estimate of drug-likeness (QED) is 0.875. The summed E-state index contributed by atoms with van der Waals surface area (Å²) in [4.78, 5) is 4.14.